The number of aromatic hydroxyl groups is 2. The van der Waals surface area contributed by atoms with Gasteiger partial charge >= 0.3 is 0 Å². The van der Waals surface area contributed by atoms with Crippen molar-refractivity contribution >= 4 is 0 Å². The number of methoxy groups -OCH3 is 2. The molecular weight excluding hydrogens is 272 g/mol. The minimum atomic E-state index is -0.136. The quantitative estimate of drug-likeness (QED) is 0.786. The van der Waals surface area contributed by atoms with Crippen LogP contribution in [0.4, 0.5) is 0 Å². The number of phenols is 2. The van der Waals surface area contributed by atoms with Crippen LogP contribution in [-0.2, 0) is 13.0 Å². The van der Waals surface area contributed by atoms with Gasteiger partial charge in [-0.3, -0.25) is 0 Å². The van der Waals surface area contributed by atoms with E-state index < -0.39 is 0 Å². The largest absolute Gasteiger partial charge is 0.504 e. The average Bonchev–Trinajstić information content (AvgIpc) is 2.51. The van der Waals surface area contributed by atoms with Crippen LogP contribution in [0.25, 0.3) is 0 Å². The summed E-state index contributed by atoms with van der Waals surface area (Å²) < 4.78 is 10.2. The summed E-state index contributed by atoms with van der Waals surface area (Å²) in [7, 11) is 2.94. The van der Waals surface area contributed by atoms with Crippen LogP contribution in [0.1, 0.15) is 16.7 Å². The smallest absolute Gasteiger partial charge is 0.161 e. The van der Waals surface area contributed by atoms with E-state index in [1.54, 1.807) is 30.3 Å². The standard InChI is InChI=1S/C16H18O5/c1-20-14-7-10(3-4-13(14)18)5-12-6-11(9-17)8-15(21-2)16(12)19/h3-4,6-8,17-19H,5,9H2,1-2H3. The fraction of sp³-hybridized carbons (Fsp3) is 0.250. The third kappa shape index (κ3) is 3.20. The number of hydrogen-bond acceptors (Lipinski definition) is 5. The highest BCUT2D eigenvalue weighted by Crippen LogP contribution is 2.34. The third-order valence-corrected chi connectivity index (χ3v) is 3.25. The van der Waals surface area contributed by atoms with Crippen LogP contribution in [0.15, 0.2) is 30.3 Å². The average molecular weight is 290 g/mol. The van der Waals surface area contributed by atoms with E-state index in [0.717, 1.165) is 5.56 Å². The van der Waals surface area contributed by atoms with Gasteiger partial charge in [0, 0.05) is 12.0 Å². The summed E-state index contributed by atoms with van der Waals surface area (Å²) in [5, 5.41) is 29.0. The monoisotopic (exact) mass is 290 g/mol. The number of aliphatic hydroxyl groups is 1. The van der Waals surface area contributed by atoms with Gasteiger partial charge in [-0.2, -0.15) is 0 Å². The van der Waals surface area contributed by atoms with Crippen LogP contribution in [0.5, 0.6) is 23.0 Å². The molecule has 0 radical (unpaired) electrons. The van der Waals surface area contributed by atoms with Gasteiger partial charge in [0.1, 0.15) is 0 Å². The molecule has 2 aromatic rings. The van der Waals surface area contributed by atoms with Crippen molar-refractivity contribution in [2.24, 2.45) is 0 Å². The van der Waals surface area contributed by atoms with E-state index >= 15 is 0 Å². The molecule has 0 aliphatic rings. The zero-order valence-corrected chi connectivity index (χ0v) is 12.0. The molecule has 3 N–H and O–H groups in total. The van der Waals surface area contributed by atoms with E-state index in [0.29, 0.717) is 29.0 Å². The Bertz CT molecular complexity index is 637. The summed E-state index contributed by atoms with van der Waals surface area (Å²) in [6, 6.07) is 8.30. The van der Waals surface area contributed by atoms with Crippen LogP contribution in [0.2, 0.25) is 0 Å². The minimum absolute atomic E-state index is 0.0433. The fourth-order valence-corrected chi connectivity index (χ4v) is 2.16. The zero-order chi connectivity index (χ0) is 15.4. The first-order chi connectivity index (χ1) is 10.1. The second-order valence-electron chi connectivity index (χ2n) is 4.65. The minimum Gasteiger partial charge on any atom is -0.504 e. The van der Waals surface area contributed by atoms with Crippen LogP contribution in [-0.4, -0.2) is 29.5 Å². The molecule has 2 aromatic carbocycles. The van der Waals surface area contributed by atoms with E-state index in [9.17, 15) is 15.3 Å². The lowest BCUT2D eigenvalue weighted by Crippen LogP contribution is -1.96. The number of aliphatic hydroxyl groups excluding tert-OH is 1. The van der Waals surface area contributed by atoms with E-state index in [-0.39, 0.29) is 18.1 Å². The molecule has 0 saturated heterocycles. The van der Waals surface area contributed by atoms with Crippen LogP contribution < -0.4 is 9.47 Å². The van der Waals surface area contributed by atoms with Crippen molar-refractivity contribution in [3.63, 3.8) is 0 Å². The van der Waals surface area contributed by atoms with E-state index in [1.165, 1.54) is 14.2 Å². The molecule has 0 aliphatic carbocycles. The van der Waals surface area contributed by atoms with Gasteiger partial charge in [-0.25, -0.2) is 0 Å². The molecule has 0 atom stereocenters. The molecular formula is C16H18O5. The Balaban J connectivity index is 2.38. The topological polar surface area (TPSA) is 79.2 Å². The van der Waals surface area contributed by atoms with Crippen molar-refractivity contribution in [2.75, 3.05) is 14.2 Å². The predicted molar refractivity (Wildman–Crippen MR) is 78.0 cm³/mol. The SMILES string of the molecule is COc1cc(Cc2cc(CO)cc(OC)c2O)ccc1O. The molecule has 0 aromatic heterocycles. The Morgan fingerprint density at radius 3 is 2.19 bits per heavy atom. The summed E-state index contributed by atoms with van der Waals surface area (Å²) in [5.74, 6) is 0.800. The zero-order valence-electron chi connectivity index (χ0n) is 12.0. The second-order valence-corrected chi connectivity index (χ2v) is 4.65. The number of ether oxygens (including phenoxy) is 2. The second kappa shape index (κ2) is 6.37. The van der Waals surface area contributed by atoms with Crippen molar-refractivity contribution in [3.8, 4) is 23.0 Å². The molecule has 0 fully saturated rings. The van der Waals surface area contributed by atoms with Gasteiger partial charge in [-0.05, 0) is 35.4 Å². The number of benzene rings is 2. The number of rotatable bonds is 5. The molecule has 0 amide bonds. The van der Waals surface area contributed by atoms with Crippen molar-refractivity contribution < 1.29 is 24.8 Å². The maximum atomic E-state index is 10.2. The molecule has 0 aliphatic heterocycles. The van der Waals surface area contributed by atoms with E-state index in [1.807, 2.05) is 0 Å². The summed E-state index contributed by atoms with van der Waals surface area (Å²) in [6.45, 7) is -0.136. The summed E-state index contributed by atoms with van der Waals surface area (Å²) in [6.07, 6.45) is 0.423. The van der Waals surface area contributed by atoms with Gasteiger partial charge in [0.2, 0.25) is 0 Å². The number of hydrogen-bond donors (Lipinski definition) is 3. The lowest BCUT2D eigenvalue weighted by Gasteiger charge is -2.12. The molecule has 5 nitrogen and oxygen atoms in total. The molecule has 21 heavy (non-hydrogen) atoms. The Labute approximate surface area is 123 Å². The van der Waals surface area contributed by atoms with Crippen LogP contribution in [0, 0.1) is 0 Å². The highest BCUT2D eigenvalue weighted by Gasteiger charge is 2.12. The van der Waals surface area contributed by atoms with Gasteiger partial charge in [0.05, 0.1) is 20.8 Å². The molecule has 0 unspecified atom stereocenters. The summed E-state index contributed by atoms with van der Waals surface area (Å²) in [5.41, 5.74) is 2.15. The first-order valence-electron chi connectivity index (χ1n) is 6.44. The van der Waals surface area contributed by atoms with Crippen molar-refractivity contribution in [1.82, 2.24) is 0 Å². The Kier molecular flexibility index (Phi) is 4.55. The molecule has 2 rings (SSSR count). The van der Waals surface area contributed by atoms with Crippen molar-refractivity contribution in [2.45, 2.75) is 13.0 Å². The normalized spacial score (nSPS) is 10.4. The lowest BCUT2D eigenvalue weighted by molar-refractivity contribution is 0.280. The fourth-order valence-electron chi connectivity index (χ4n) is 2.16. The maximum absolute atomic E-state index is 10.2. The highest BCUT2D eigenvalue weighted by molar-refractivity contribution is 5.51. The van der Waals surface area contributed by atoms with Crippen molar-refractivity contribution in [1.29, 1.82) is 0 Å². The first-order valence-corrected chi connectivity index (χ1v) is 6.44. The molecule has 0 bridgehead atoms. The Morgan fingerprint density at radius 2 is 1.57 bits per heavy atom. The molecule has 112 valence electrons. The lowest BCUT2D eigenvalue weighted by atomic mass is 10.0. The van der Waals surface area contributed by atoms with Crippen molar-refractivity contribution in [3.05, 3.63) is 47.0 Å². The summed E-state index contributed by atoms with van der Waals surface area (Å²) >= 11 is 0. The molecule has 0 saturated carbocycles. The first kappa shape index (κ1) is 15.0. The van der Waals surface area contributed by atoms with E-state index in [2.05, 4.69) is 0 Å². The Hall–Kier alpha value is -2.40. The highest BCUT2D eigenvalue weighted by atomic mass is 16.5. The van der Waals surface area contributed by atoms with Crippen LogP contribution in [0.3, 0.4) is 0 Å². The van der Waals surface area contributed by atoms with Gasteiger partial charge < -0.3 is 24.8 Å². The van der Waals surface area contributed by atoms with Gasteiger partial charge in [-0.1, -0.05) is 6.07 Å². The van der Waals surface area contributed by atoms with Crippen LogP contribution >= 0.6 is 0 Å². The third-order valence-electron chi connectivity index (χ3n) is 3.25. The Morgan fingerprint density at radius 1 is 0.905 bits per heavy atom. The predicted octanol–water partition coefficient (Wildman–Crippen LogP) is 2.20. The molecule has 0 heterocycles. The van der Waals surface area contributed by atoms with Gasteiger partial charge in [0.15, 0.2) is 23.0 Å². The number of phenolic OH excluding ortho intramolecular Hbond substituents is 2. The molecule has 0 spiro atoms. The molecule has 5 heteroatoms. The van der Waals surface area contributed by atoms with Gasteiger partial charge in [-0.15, -0.1) is 0 Å². The maximum Gasteiger partial charge on any atom is 0.161 e. The summed E-state index contributed by atoms with van der Waals surface area (Å²) in [4.78, 5) is 0. The van der Waals surface area contributed by atoms with Gasteiger partial charge in [0.25, 0.3) is 0 Å². The van der Waals surface area contributed by atoms with E-state index in [4.69, 9.17) is 9.47 Å².